The van der Waals surface area contributed by atoms with E-state index in [1.807, 2.05) is 61.5 Å². The highest BCUT2D eigenvalue weighted by Crippen LogP contribution is 2.28. The maximum Gasteiger partial charge on any atom is 0.255 e. The number of rotatable bonds is 9. The maximum atomic E-state index is 12.6. The second kappa shape index (κ2) is 10.2. The normalized spacial score (nSPS) is 10.3. The number of methoxy groups -OCH3 is 1. The molecule has 0 spiro atoms. The van der Waals surface area contributed by atoms with Gasteiger partial charge in [0.25, 0.3) is 5.91 Å². The van der Waals surface area contributed by atoms with Gasteiger partial charge < -0.3 is 19.5 Å². The minimum Gasteiger partial charge on any atom is -0.493 e. The minimum absolute atomic E-state index is 0.219. The average Bonchev–Trinajstić information content (AvgIpc) is 2.77. The molecule has 0 aromatic heterocycles. The van der Waals surface area contributed by atoms with Crippen molar-refractivity contribution >= 4 is 11.6 Å². The van der Waals surface area contributed by atoms with Gasteiger partial charge in [0.2, 0.25) is 0 Å². The molecule has 0 saturated carbocycles. The summed E-state index contributed by atoms with van der Waals surface area (Å²) in [6, 6.07) is 22.4. The van der Waals surface area contributed by atoms with E-state index >= 15 is 0 Å². The number of carbonyl (C=O) groups is 1. The lowest BCUT2D eigenvalue weighted by Gasteiger charge is -2.12. The lowest BCUT2D eigenvalue weighted by molar-refractivity contribution is 0.102. The third-order valence-electron chi connectivity index (χ3n) is 4.25. The van der Waals surface area contributed by atoms with Crippen molar-refractivity contribution in [3.8, 4) is 17.2 Å². The lowest BCUT2D eigenvalue weighted by Crippen LogP contribution is -2.12. The summed E-state index contributed by atoms with van der Waals surface area (Å²) in [4.78, 5) is 12.6. The van der Waals surface area contributed by atoms with Crippen LogP contribution >= 0.6 is 0 Å². The fraction of sp³-hybridized carbons (Fsp3) is 0.208. The van der Waals surface area contributed by atoms with Crippen molar-refractivity contribution < 1.29 is 19.0 Å². The van der Waals surface area contributed by atoms with Gasteiger partial charge in [-0.3, -0.25) is 4.79 Å². The largest absolute Gasteiger partial charge is 0.493 e. The molecular formula is C24H25NO4. The molecule has 5 heteroatoms. The third-order valence-corrected chi connectivity index (χ3v) is 4.25. The monoisotopic (exact) mass is 391 g/mol. The van der Waals surface area contributed by atoms with Crippen LogP contribution in [-0.4, -0.2) is 19.6 Å². The Labute approximate surface area is 171 Å². The summed E-state index contributed by atoms with van der Waals surface area (Å²) < 4.78 is 16.7. The summed E-state index contributed by atoms with van der Waals surface area (Å²) in [5.74, 6) is 1.69. The van der Waals surface area contributed by atoms with Crippen LogP contribution in [-0.2, 0) is 6.61 Å². The Morgan fingerprint density at radius 3 is 2.34 bits per heavy atom. The number of benzene rings is 3. The van der Waals surface area contributed by atoms with Crippen LogP contribution in [0.3, 0.4) is 0 Å². The molecule has 0 aliphatic carbocycles. The minimum atomic E-state index is -0.219. The van der Waals surface area contributed by atoms with Crippen LogP contribution in [0.15, 0.2) is 72.8 Å². The van der Waals surface area contributed by atoms with Crippen LogP contribution < -0.4 is 19.5 Å². The van der Waals surface area contributed by atoms with E-state index in [0.29, 0.717) is 36.0 Å². The Morgan fingerprint density at radius 2 is 1.66 bits per heavy atom. The topological polar surface area (TPSA) is 56.8 Å². The van der Waals surface area contributed by atoms with Gasteiger partial charge in [-0.05, 0) is 54.4 Å². The molecule has 3 aromatic carbocycles. The average molecular weight is 391 g/mol. The zero-order valence-corrected chi connectivity index (χ0v) is 16.7. The van der Waals surface area contributed by atoms with Crippen molar-refractivity contribution in [3.05, 3.63) is 83.9 Å². The first-order chi connectivity index (χ1) is 14.2. The number of amides is 1. The standard InChI is InChI=1S/C24H25NO4/c1-3-15-28-22-14-9-19(16-23(22)27-2)24(26)25-20-10-12-21(13-11-20)29-17-18-7-5-4-6-8-18/h4-14,16H,3,15,17H2,1-2H3,(H,25,26). The third kappa shape index (κ3) is 5.75. The van der Waals surface area contributed by atoms with E-state index in [4.69, 9.17) is 14.2 Å². The SMILES string of the molecule is CCCOc1ccc(C(=O)Nc2ccc(OCc3ccccc3)cc2)cc1OC. The van der Waals surface area contributed by atoms with E-state index in [9.17, 15) is 4.79 Å². The smallest absolute Gasteiger partial charge is 0.255 e. The number of hydrogen-bond acceptors (Lipinski definition) is 4. The summed E-state index contributed by atoms with van der Waals surface area (Å²) in [6.45, 7) is 3.13. The molecule has 1 amide bonds. The van der Waals surface area contributed by atoms with Gasteiger partial charge in [-0.25, -0.2) is 0 Å². The van der Waals surface area contributed by atoms with Crippen LogP contribution in [0.4, 0.5) is 5.69 Å². The fourth-order valence-corrected chi connectivity index (χ4v) is 2.72. The molecule has 0 saturated heterocycles. The van der Waals surface area contributed by atoms with E-state index in [-0.39, 0.29) is 5.91 Å². The van der Waals surface area contributed by atoms with Crippen molar-refractivity contribution in [3.63, 3.8) is 0 Å². The van der Waals surface area contributed by atoms with Crippen LogP contribution in [0.5, 0.6) is 17.2 Å². The molecule has 150 valence electrons. The van der Waals surface area contributed by atoms with Crippen molar-refractivity contribution in [2.75, 3.05) is 19.0 Å². The number of ether oxygens (including phenoxy) is 3. The van der Waals surface area contributed by atoms with Crippen LogP contribution in [0.2, 0.25) is 0 Å². The van der Waals surface area contributed by atoms with E-state index in [0.717, 1.165) is 17.7 Å². The summed E-state index contributed by atoms with van der Waals surface area (Å²) >= 11 is 0. The highest BCUT2D eigenvalue weighted by atomic mass is 16.5. The summed E-state index contributed by atoms with van der Waals surface area (Å²) in [7, 11) is 1.56. The van der Waals surface area contributed by atoms with Gasteiger partial charge in [0.15, 0.2) is 11.5 Å². The highest BCUT2D eigenvalue weighted by Gasteiger charge is 2.11. The molecule has 0 bridgehead atoms. The van der Waals surface area contributed by atoms with Gasteiger partial charge in [-0.1, -0.05) is 37.3 Å². The van der Waals surface area contributed by atoms with Crippen molar-refractivity contribution in [1.29, 1.82) is 0 Å². The second-order valence-electron chi connectivity index (χ2n) is 6.47. The van der Waals surface area contributed by atoms with Gasteiger partial charge in [0.1, 0.15) is 12.4 Å². The molecule has 1 N–H and O–H groups in total. The van der Waals surface area contributed by atoms with E-state index < -0.39 is 0 Å². The number of hydrogen-bond donors (Lipinski definition) is 1. The van der Waals surface area contributed by atoms with Crippen LogP contribution in [0.25, 0.3) is 0 Å². The molecule has 0 unspecified atom stereocenters. The van der Waals surface area contributed by atoms with Gasteiger partial charge in [-0.15, -0.1) is 0 Å². The highest BCUT2D eigenvalue weighted by molar-refractivity contribution is 6.04. The van der Waals surface area contributed by atoms with Crippen molar-refractivity contribution in [1.82, 2.24) is 0 Å². The Bertz CT molecular complexity index is 923. The predicted molar refractivity (Wildman–Crippen MR) is 114 cm³/mol. The zero-order chi connectivity index (χ0) is 20.5. The molecule has 0 fully saturated rings. The zero-order valence-electron chi connectivity index (χ0n) is 16.7. The number of anilines is 1. The Morgan fingerprint density at radius 1 is 0.897 bits per heavy atom. The molecule has 29 heavy (non-hydrogen) atoms. The Hall–Kier alpha value is -3.47. The van der Waals surface area contributed by atoms with Gasteiger partial charge >= 0.3 is 0 Å². The molecule has 3 rings (SSSR count). The van der Waals surface area contributed by atoms with E-state index in [2.05, 4.69) is 5.32 Å². The van der Waals surface area contributed by atoms with E-state index in [1.165, 1.54) is 0 Å². The van der Waals surface area contributed by atoms with E-state index in [1.54, 1.807) is 25.3 Å². The molecule has 0 aliphatic heterocycles. The fourth-order valence-electron chi connectivity index (χ4n) is 2.72. The molecule has 0 atom stereocenters. The molecular weight excluding hydrogens is 366 g/mol. The first-order valence-electron chi connectivity index (χ1n) is 9.58. The lowest BCUT2D eigenvalue weighted by atomic mass is 10.1. The molecule has 0 aliphatic rings. The quantitative estimate of drug-likeness (QED) is 0.537. The van der Waals surface area contributed by atoms with Crippen LogP contribution in [0.1, 0.15) is 29.3 Å². The summed E-state index contributed by atoms with van der Waals surface area (Å²) in [6.07, 6.45) is 0.899. The first-order valence-corrected chi connectivity index (χ1v) is 9.58. The second-order valence-corrected chi connectivity index (χ2v) is 6.47. The summed E-state index contributed by atoms with van der Waals surface area (Å²) in [5, 5.41) is 2.88. The van der Waals surface area contributed by atoms with Crippen LogP contribution in [0, 0.1) is 0 Å². The van der Waals surface area contributed by atoms with Gasteiger partial charge in [0.05, 0.1) is 13.7 Å². The van der Waals surface area contributed by atoms with Crippen molar-refractivity contribution in [2.24, 2.45) is 0 Å². The molecule has 0 heterocycles. The molecule has 3 aromatic rings. The predicted octanol–water partition coefficient (Wildman–Crippen LogP) is 5.32. The summed E-state index contributed by atoms with van der Waals surface area (Å²) in [5.41, 5.74) is 2.28. The van der Waals surface area contributed by atoms with Gasteiger partial charge in [-0.2, -0.15) is 0 Å². The van der Waals surface area contributed by atoms with Crippen molar-refractivity contribution in [2.45, 2.75) is 20.0 Å². The van der Waals surface area contributed by atoms with Gasteiger partial charge in [0, 0.05) is 11.3 Å². The number of nitrogens with one attached hydrogen (secondary N) is 1. The maximum absolute atomic E-state index is 12.6. The Balaban J connectivity index is 1.60. The number of carbonyl (C=O) groups excluding carboxylic acids is 1. The Kier molecular flexibility index (Phi) is 7.11. The molecule has 5 nitrogen and oxygen atoms in total. The first kappa shape index (κ1) is 20.3. The molecule has 0 radical (unpaired) electrons.